The minimum absolute atomic E-state index is 0.0250. The largest absolute Gasteiger partial charge is 0.484 e. The minimum atomic E-state index is -0.0628. The van der Waals surface area contributed by atoms with Crippen molar-refractivity contribution >= 4 is 23.2 Å². The quantitative estimate of drug-likeness (QED) is 0.669. The van der Waals surface area contributed by atoms with E-state index in [0.29, 0.717) is 23.9 Å². The average Bonchev–Trinajstić information content (AvgIpc) is 3.19. The zero-order valence-electron chi connectivity index (χ0n) is 16.4. The van der Waals surface area contributed by atoms with E-state index in [4.69, 9.17) is 21.1 Å². The van der Waals surface area contributed by atoms with Gasteiger partial charge in [-0.05, 0) is 48.7 Å². The lowest BCUT2D eigenvalue weighted by Crippen LogP contribution is -2.39. The lowest BCUT2D eigenvalue weighted by atomic mass is 10.1. The first-order valence-corrected chi connectivity index (χ1v) is 9.93. The van der Waals surface area contributed by atoms with Crippen molar-refractivity contribution in [3.8, 4) is 5.75 Å². The van der Waals surface area contributed by atoms with E-state index in [-0.39, 0.29) is 18.6 Å². The Labute approximate surface area is 171 Å². The number of carbonyl (C=O) groups excluding carboxylic acids is 1. The molecule has 1 heterocycles. The van der Waals surface area contributed by atoms with Crippen LogP contribution in [0.15, 0.2) is 48.5 Å². The summed E-state index contributed by atoms with van der Waals surface area (Å²) in [6.45, 7) is 1.85. The molecule has 0 aliphatic carbocycles. The second kappa shape index (κ2) is 9.80. The number of anilines is 1. The number of hydrogen-bond donors (Lipinski definition) is 0. The molecular formula is C22H27ClN2O3. The molecule has 1 saturated heterocycles. The maximum atomic E-state index is 12.9. The number of nitrogens with zero attached hydrogens (tertiary/aromatic N) is 2. The molecule has 28 heavy (non-hydrogen) atoms. The van der Waals surface area contributed by atoms with Gasteiger partial charge in [0, 0.05) is 44.5 Å². The fourth-order valence-electron chi connectivity index (χ4n) is 3.20. The number of benzene rings is 2. The highest BCUT2D eigenvalue weighted by Gasteiger charge is 2.23. The monoisotopic (exact) mass is 402 g/mol. The Balaban J connectivity index is 1.65. The number of amides is 1. The van der Waals surface area contributed by atoms with Crippen molar-refractivity contribution in [2.45, 2.75) is 25.5 Å². The molecule has 1 aliphatic heterocycles. The lowest BCUT2D eigenvalue weighted by Gasteiger charge is -2.26. The Morgan fingerprint density at radius 1 is 1.21 bits per heavy atom. The van der Waals surface area contributed by atoms with Gasteiger partial charge in [-0.1, -0.05) is 29.8 Å². The molecule has 0 saturated carbocycles. The highest BCUT2D eigenvalue weighted by molar-refractivity contribution is 6.30. The predicted molar refractivity (Wildman–Crippen MR) is 112 cm³/mol. The third-order valence-corrected chi connectivity index (χ3v) is 5.02. The standard InChI is InChI=1S/C22H27ClN2O3/c1-24(2)19-10-8-17(9-11-19)14-25(15-21-7-4-12-27-21)22(26)16-28-20-6-3-5-18(23)13-20/h3,5-6,8-11,13,21H,4,7,12,14-16H2,1-2H3/t21-/m1/s1. The van der Waals surface area contributed by atoms with Gasteiger partial charge in [0.15, 0.2) is 6.61 Å². The third kappa shape index (κ3) is 5.88. The van der Waals surface area contributed by atoms with Gasteiger partial charge in [-0.3, -0.25) is 4.79 Å². The van der Waals surface area contributed by atoms with Gasteiger partial charge in [-0.25, -0.2) is 0 Å². The van der Waals surface area contributed by atoms with Gasteiger partial charge >= 0.3 is 0 Å². The molecule has 0 N–H and O–H groups in total. The number of halogens is 1. The van der Waals surface area contributed by atoms with Crippen LogP contribution in [0.5, 0.6) is 5.75 Å². The van der Waals surface area contributed by atoms with Crippen LogP contribution in [0.1, 0.15) is 18.4 Å². The van der Waals surface area contributed by atoms with E-state index in [0.717, 1.165) is 30.7 Å². The van der Waals surface area contributed by atoms with Crippen LogP contribution in [0.2, 0.25) is 5.02 Å². The van der Waals surface area contributed by atoms with E-state index in [9.17, 15) is 4.79 Å². The molecule has 0 bridgehead atoms. The van der Waals surface area contributed by atoms with Crippen LogP contribution in [-0.4, -0.2) is 50.8 Å². The smallest absolute Gasteiger partial charge is 0.260 e. The zero-order chi connectivity index (χ0) is 19.9. The molecule has 2 aromatic rings. The average molecular weight is 403 g/mol. The summed E-state index contributed by atoms with van der Waals surface area (Å²) in [5.74, 6) is 0.528. The zero-order valence-corrected chi connectivity index (χ0v) is 17.2. The van der Waals surface area contributed by atoms with Gasteiger partial charge in [0.1, 0.15) is 5.75 Å². The van der Waals surface area contributed by atoms with Crippen molar-refractivity contribution in [1.29, 1.82) is 0 Å². The fraction of sp³-hybridized carbons (Fsp3) is 0.409. The molecule has 150 valence electrons. The van der Waals surface area contributed by atoms with Crippen LogP contribution in [0, 0.1) is 0 Å². The Morgan fingerprint density at radius 3 is 2.64 bits per heavy atom. The maximum Gasteiger partial charge on any atom is 0.260 e. The van der Waals surface area contributed by atoms with Crippen molar-refractivity contribution in [3.05, 3.63) is 59.1 Å². The SMILES string of the molecule is CN(C)c1ccc(CN(C[C@H]2CCCO2)C(=O)COc2cccc(Cl)c2)cc1. The topological polar surface area (TPSA) is 42.0 Å². The Bertz CT molecular complexity index is 774. The van der Waals surface area contributed by atoms with Gasteiger partial charge in [0.2, 0.25) is 0 Å². The van der Waals surface area contributed by atoms with Gasteiger partial charge in [0.25, 0.3) is 5.91 Å². The van der Waals surface area contributed by atoms with E-state index >= 15 is 0 Å². The van der Waals surface area contributed by atoms with E-state index in [1.807, 2.05) is 19.0 Å². The van der Waals surface area contributed by atoms with Crippen LogP contribution in [0.3, 0.4) is 0 Å². The van der Waals surface area contributed by atoms with Crippen molar-refractivity contribution in [3.63, 3.8) is 0 Å². The molecule has 1 aliphatic rings. The van der Waals surface area contributed by atoms with Crippen molar-refractivity contribution in [1.82, 2.24) is 4.90 Å². The van der Waals surface area contributed by atoms with Gasteiger partial charge in [0.05, 0.1) is 6.10 Å². The first kappa shape index (κ1) is 20.5. The summed E-state index contributed by atoms with van der Waals surface area (Å²) >= 11 is 5.98. The fourth-order valence-corrected chi connectivity index (χ4v) is 3.38. The molecule has 1 atom stereocenters. The molecule has 2 aromatic carbocycles. The molecule has 0 aromatic heterocycles. The number of rotatable bonds is 8. The second-order valence-electron chi connectivity index (χ2n) is 7.22. The predicted octanol–water partition coefficient (Wildman–Crippen LogP) is 3.99. The van der Waals surface area contributed by atoms with E-state index in [2.05, 4.69) is 29.2 Å². The van der Waals surface area contributed by atoms with Crippen molar-refractivity contribution in [2.24, 2.45) is 0 Å². The molecule has 1 fully saturated rings. The first-order valence-electron chi connectivity index (χ1n) is 9.55. The maximum absolute atomic E-state index is 12.9. The molecule has 6 heteroatoms. The summed E-state index contributed by atoms with van der Waals surface area (Å²) in [4.78, 5) is 16.8. The van der Waals surface area contributed by atoms with Crippen molar-refractivity contribution in [2.75, 3.05) is 38.8 Å². The van der Waals surface area contributed by atoms with Crippen LogP contribution < -0.4 is 9.64 Å². The summed E-state index contributed by atoms with van der Waals surface area (Å²) in [5.41, 5.74) is 2.21. The summed E-state index contributed by atoms with van der Waals surface area (Å²) in [5, 5.41) is 0.585. The van der Waals surface area contributed by atoms with Crippen molar-refractivity contribution < 1.29 is 14.3 Å². The Kier molecular flexibility index (Phi) is 7.18. The summed E-state index contributed by atoms with van der Waals surface area (Å²) in [7, 11) is 4.02. The number of carbonyl (C=O) groups is 1. The van der Waals surface area contributed by atoms with Gasteiger partial charge in [-0.15, -0.1) is 0 Å². The Morgan fingerprint density at radius 2 is 2.00 bits per heavy atom. The highest BCUT2D eigenvalue weighted by atomic mass is 35.5. The molecule has 3 rings (SSSR count). The second-order valence-corrected chi connectivity index (χ2v) is 7.65. The van der Waals surface area contributed by atoms with E-state index in [1.165, 1.54) is 0 Å². The lowest BCUT2D eigenvalue weighted by molar-refractivity contribution is -0.135. The minimum Gasteiger partial charge on any atom is -0.484 e. The Hall–Kier alpha value is -2.24. The highest BCUT2D eigenvalue weighted by Crippen LogP contribution is 2.19. The third-order valence-electron chi connectivity index (χ3n) is 4.79. The summed E-state index contributed by atoms with van der Waals surface area (Å²) in [6.07, 6.45) is 2.12. The summed E-state index contributed by atoms with van der Waals surface area (Å²) in [6, 6.07) is 15.3. The molecule has 0 unspecified atom stereocenters. The first-order chi connectivity index (χ1) is 13.5. The normalized spacial score (nSPS) is 16.0. The summed E-state index contributed by atoms with van der Waals surface area (Å²) < 4.78 is 11.4. The molecule has 5 nitrogen and oxygen atoms in total. The number of hydrogen-bond acceptors (Lipinski definition) is 4. The molecule has 0 radical (unpaired) electrons. The van der Waals surface area contributed by atoms with Gasteiger partial charge in [-0.2, -0.15) is 0 Å². The van der Waals surface area contributed by atoms with Crippen LogP contribution in [0.4, 0.5) is 5.69 Å². The molecular weight excluding hydrogens is 376 g/mol. The molecule has 0 spiro atoms. The number of ether oxygens (including phenoxy) is 2. The van der Waals surface area contributed by atoms with Crippen LogP contribution in [-0.2, 0) is 16.1 Å². The van der Waals surface area contributed by atoms with E-state index < -0.39 is 0 Å². The van der Waals surface area contributed by atoms with Gasteiger partial charge < -0.3 is 19.3 Å². The van der Waals surface area contributed by atoms with Crippen LogP contribution in [0.25, 0.3) is 0 Å². The van der Waals surface area contributed by atoms with Crippen LogP contribution >= 0.6 is 11.6 Å². The van der Waals surface area contributed by atoms with E-state index in [1.54, 1.807) is 24.3 Å². The molecule has 1 amide bonds.